The van der Waals surface area contributed by atoms with Gasteiger partial charge in [-0.3, -0.25) is 4.90 Å². The second-order valence-electron chi connectivity index (χ2n) is 8.99. The minimum atomic E-state index is -3.59. The minimum Gasteiger partial charge on any atom is -0.369 e. The summed E-state index contributed by atoms with van der Waals surface area (Å²) in [6.45, 7) is 2.69. The number of halogens is 1. The number of nitrogens with one attached hydrogen (secondary N) is 1. The molecule has 0 aromatic heterocycles. The van der Waals surface area contributed by atoms with Crippen LogP contribution in [0.4, 0.5) is 16.2 Å². The van der Waals surface area contributed by atoms with Crippen LogP contribution in [0.3, 0.4) is 0 Å². The van der Waals surface area contributed by atoms with Crippen LogP contribution in [0.1, 0.15) is 31.2 Å². The van der Waals surface area contributed by atoms with Crippen molar-refractivity contribution in [2.75, 3.05) is 42.5 Å². The van der Waals surface area contributed by atoms with Crippen molar-refractivity contribution in [1.82, 2.24) is 9.62 Å². The molecule has 2 aromatic carbocycles. The number of fused-ring (bicyclic) bond motifs is 1. The normalized spacial score (nSPS) is 19.7. The van der Waals surface area contributed by atoms with E-state index in [9.17, 15) is 13.2 Å². The molecule has 1 saturated carbocycles. The molecule has 2 fully saturated rings. The third-order valence-corrected chi connectivity index (χ3v) is 9.09. The zero-order valence-electron chi connectivity index (χ0n) is 18.5. The smallest absolute Gasteiger partial charge is 0.322 e. The SMILES string of the molecule is O=C(NC1CCCC1)N1CCc2cc(S(=O)(=O)N3CCN(c4ccc(Cl)cc4)CC3)ccc21. The van der Waals surface area contributed by atoms with Gasteiger partial charge in [-0.1, -0.05) is 24.4 Å². The van der Waals surface area contributed by atoms with Gasteiger partial charge in [0, 0.05) is 55.2 Å². The van der Waals surface area contributed by atoms with Crippen LogP contribution < -0.4 is 15.1 Å². The quantitative estimate of drug-likeness (QED) is 0.709. The number of amides is 2. The van der Waals surface area contributed by atoms with Crippen molar-refractivity contribution < 1.29 is 13.2 Å². The fourth-order valence-electron chi connectivity index (χ4n) is 5.06. The van der Waals surface area contributed by atoms with Crippen LogP contribution in [0.5, 0.6) is 0 Å². The van der Waals surface area contributed by atoms with Crippen molar-refractivity contribution in [2.24, 2.45) is 0 Å². The van der Waals surface area contributed by atoms with Gasteiger partial charge in [0.05, 0.1) is 4.90 Å². The van der Waals surface area contributed by atoms with Crippen molar-refractivity contribution in [2.45, 2.75) is 43.0 Å². The highest BCUT2D eigenvalue weighted by Gasteiger charge is 2.32. The van der Waals surface area contributed by atoms with E-state index in [1.54, 1.807) is 27.4 Å². The van der Waals surface area contributed by atoms with Crippen molar-refractivity contribution in [3.63, 3.8) is 0 Å². The van der Waals surface area contributed by atoms with Crippen LogP contribution in [0, 0.1) is 0 Å². The Morgan fingerprint density at radius 3 is 2.33 bits per heavy atom. The summed E-state index contributed by atoms with van der Waals surface area (Å²) in [5, 5.41) is 3.81. The number of urea groups is 1. The van der Waals surface area contributed by atoms with Crippen LogP contribution in [0.2, 0.25) is 5.02 Å². The van der Waals surface area contributed by atoms with Crippen molar-refractivity contribution in [3.05, 3.63) is 53.1 Å². The van der Waals surface area contributed by atoms with Gasteiger partial charge in [0.1, 0.15) is 0 Å². The van der Waals surface area contributed by atoms with E-state index in [-0.39, 0.29) is 12.1 Å². The molecule has 1 saturated heterocycles. The van der Waals surface area contributed by atoms with E-state index in [4.69, 9.17) is 11.6 Å². The number of rotatable bonds is 4. The first-order valence-corrected chi connectivity index (χ1v) is 13.5. The van der Waals surface area contributed by atoms with Crippen LogP contribution in [-0.2, 0) is 16.4 Å². The lowest BCUT2D eigenvalue weighted by molar-refractivity contribution is 0.243. The van der Waals surface area contributed by atoms with Gasteiger partial charge in [0.15, 0.2) is 0 Å². The standard InChI is InChI=1S/C24H29ClN4O3S/c25-19-5-7-21(8-6-19)27-13-15-28(16-14-27)33(31,32)22-9-10-23-18(17-22)11-12-29(23)24(30)26-20-3-1-2-4-20/h5-10,17,20H,1-4,11-16H2,(H,26,30). The highest BCUT2D eigenvalue weighted by molar-refractivity contribution is 7.89. The Morgan fingerprint density at radius 2 is 1.64 bits per heavy atom. The number of nitrogens with zero attached hydrogens (tertiary/aromatic N) is 3. The number of benzene rings is 2. The van der Waals surface area contributed by atoms with Crippen molar-refractivity contribution in [1.29, 1.82) is 0 Å². The molecule has 2 heterocycles. The van der Waals surface area contributed by atoms with Gasteiger partial charge in [0.2, 0.25) is 10.0 Å². The Balaban J connectivity index is 1.26. The summed E-state index contributed by atoms with van der Waals surface area (Å²) in [6, 6.07) is 13.0. The lowest BCUT2D eigenvalue weighted by atomic mass is 10.2. The van der Waals surface area contributed by atoms with Crippen LogP contribution in [0.15, 0.2) is 47.4 Å². The zero-order chi connectivity index (χ0) is 23.0. The van der Waals surface area contributed by atoms with Crippen LogP contribution in [-0.4, -0.2) is 57.5 Å². The maximum atomic E-state index is 13.3. The minimum absolute atomic E-state index is 0.0745. The maximum absolute atomic E-state index is 13.3. The molecule has 9 heteroatoms. The monoisotopic (exact) mass is 488 g/mol. The van der Waals surface area contributed by atoms with Gasteiger partial charge in [-0.05, 0) is 67.3 Å². The molecule has 0 spiro atoms. The predicted molar refractivity (Wildman–Crippen MR) is 131 cm³/mol. The first-order valence-electron chi connectivity index (χ1n) is 11.6. The summed E-state index contributed by atoms with van der Waals surface area (Å²) in [7, 11) is -3.59. The number of hydrogen-bond acceptors (Lipinski definition) is 4. The topological polar surface area (TPSA) is 73.0 Å². The van der Waals surface area contributed by atoms with Crippen LogP contribution >= 0.6 is 11.6 Å². The lowest BCUT2D eigenvalue weighted by Gasteiger charge is -2.35. The number of carbonyl (C=O) groups is 1. The summed E-state index contributed by atoms with van der Waals surface area (Å²) in [4.78, 5) is 17.0. The van der Waals surface area contributed by atoms with E-state index in [1.807, 2.05) is 24.3 Å². The van der Waals surface area contributed by atoms with E-state index >= 15 is 0 Å². The number of hydrogen-bond donors (Lipinski definition) is 1. The van der Waals surface area contributed by atoms with Crippen molar-refractivity contribution in [3.8, 4) is 0 Å². The molecule has 0 bridgehead atoms. The number of carbonyl (C=O) groups excluding carboxylic acids is 1. The van der Waals surface area contributed by atoms with Gasteiger partial charge in [-0.15, -0.1) is 0 Å². The molecule has 3 aliphatic rings. The van der Waals surface area contributed by atoms with E-state index in [2.05, 4.69) is 10.2 Å². The van der Waals surface area contributed by atoms with Crippen molar-refractivity contribution >= 4 is 39.0 Å². The Hall–Kier alpha value is -2.29. The second-order valence-corrected chi connectivity index (χ2v) is 11.4. The average molecular weight is 489 g/mol. The molecular formula is C24H29ClN4O3S. The number of sulfonamides is 1. The van der Waals surface area contributed by atoms with Gasteiger partial charge in [0.25, 0.3) is 0 Å². The molecule has 176 valence electrons. The molecule has 2 aromatic rings. The molecule has 7 nitrogen and oxygen atoms in total. The zero-order valence-corrected chi connectivity index (χ0v) is 20.1. The molecular weight excluding hydrogens is 460 g/mol. The lowest BCUT2D eigenvalue weighted by Crippen LogP contribution is -2.48. The summed E-state index contributed by atoms with van der Waals surface area (Å²) >= 11 is 5.97. The molecule has 0 atom stereocenters. The summed E-state index contributed by atoms with van der Waals surface area (Å²) in [5.74, 6) is 0. The Labute approximate surface area is 200 Å². The Morgan fingerprint density at radius 1 is 0.939 bits per heavy atom. The largest absolute Gasteiger partial charge is 0.369 e. The molecule has 2 amide bonds. The van der Waals surface area contributed by atoms with E-state index in [1.165, 1.54) is 0 Å². The summed E-state index contributed by atoms with van der Waals surface area (Å²) in [5.41, 5.74) is 2.78. The molecule has 1 N–H and O–H groups in total. The first kappa shape index (κ1) is 22.5. The molecule has 0 radical (unpaired) electrons. The highest BCUT2D eigenvalue weighted by Crippen LogP contribution is 2.32. The molecule has 5 rings (SSSR count). The summed E-state index contributed by atoms with van der Waals surface area (Å²) in [6.07, 6.45) is 5.07. The van der Waals surface area contributed by atoms with E-state index < -0.39 is 10.0 Å². The third-order valence-electron chi connectivity index (χ3n) is 6.94. The van der Waals surface area contributed by atoms with Crippen LogP contribution in [0.25, 0.3) is 0 Å². The number of piperazine rings is 1. The fourth-order valence-corrected chi connectivity index (χ4v) is 6.66. The third kappa shape index (κ3) is 4.56. The van der Waals surface area contributed by atoms with Gasteiger partial charge in [-0.2, -0.15) is 4.31 Å². The highest BCUT2D eigenvalue weighted by atomic mass is 35.5. The van der Waals surface area contributed by atoms with Gasteiger partial charge < -0.3 is 10.2 Å². The Kier molecular flexibility index (Phi) is 6.24. The second kappa shape index (κ2) is 9.16. The fraction of sp³-hybridized carbons (Fsp3) is 0.458. The Bertz CT molecular complexity index is 1120. The summed E-state index contributed by atoms with van der Waals surface area (Å²) < 4.78 is 28.2. The maximum Gasteiger partial charge on any atom is 0.322 e. The average Bonchev–Trinajstić information content (AvgIpc) is 3.49. The van der Waals surface area contributed by atoms with E-state index in [0.29, 0.717) is 49.1 Å². The molecule has 1 aliphatic carbocycles. The molecule has 0 unspecified atom stereocenters. The van der Waals surface area contributed by atoms with Gasteiger partial charge >= 0.3 is 6.03 Å². The molecule has 2 aliphatic heterocycles. The van der Waals surface area contributed by atoms with Gasteiger partial charge in [-0.25, -0.2) is 13.2 Å². The molecule has 33 heavy (non-hydrogen) atoms. The number of anilines is 2. The van der Waals surface area contributed by atoms with E-state index in [0.717, 1.165) is 42.6 Å². The predicted octanol–water partition coefficient (Wildman–Crippen LogP) is 3.87. The first-order chi connectivity index (χ1) is 15.9.